The molecule has 1 heterocycles. The Bertz CT molecular complexity index is 1010. The lowest BCUT2D eigenvalue weighted by Crippen LogP contribution is -2.20. The van der Waals surface area contributed by atoms with Crippen LogP contribution in [0.4, 0.5) is 0 Å². The van der Waals surface area contributed by atoms with Crippen LogP contribution in [0.3, 0.4) is 0 Å². The lowest BCUT2D eigenvalue weighted by atomic mass is 10.2. The van der Waals surface area contributed by atoms with Crippen LogP contribution in [0.1, 0.15) is 12.5 Å². The third kappa shape index (κ3) is 7.27. The van der Waals surface area contributed by atoms with Gasteiger partial charge in [0.05, 0.1) is 17.3 Å². The number of nitrogens with zero attached hydrogens (tertiary/aromatic N) is 4. The van der Waals surface area contributed by atoms with Crippen LogP contribution in [-0.4, -0.2) is 51.6 Å². The SMILES string of the molecule is CCOc1cc(CNCCSc2nnnn2-c2ccccc2)cc(Cl)c1OCC(N)=O.Cl. The lowest BCUT2D eigenvalue weighted by Gasteiger charge is -2.15. The van der Waals surface area contributed by atoms with Crippen LogP contribution in [0.25, 0.3) is 5.69 Å². The van der Waals surface area contributed by atoms with E-state index in [0.29, 0.717) is 29.7 Å². The Hall–Kier alpha value is -2.53. The number of nitrogens with one attached hydrogen (secondary N) is 1. The summed E-state index contributed by atoms with van der Waals surface area (Å²) in [6.45, 7) is 3.34. The summed E-state index contributed by atoms with van der Waals surface area (Å²) in [6.07, 6.45) is 0. The third-order valence-corrected chi connectivity index (χ3v) is 5.21. The zero-order chi connectivity index (χ0) is 22.1. The van der Waals surface area contributed by atoms with E-state index in [-0.39, 0.29) is 19.0 Å². The number of rotatable bonds is 12. The van der Waals surface area contributed by atoms with Gasteiger partial charge in [-0.3, -0.25) is 4.79 Å². The topological polar surface area (TPSA) is 117 Å². The minimum absolute atomic E-state index is 0. The molecule has 3 N–H and O–H groups in total. The smallest absolute Gasteiger partial charge is 0.255 e. The average molecular weight is 499 g/mol. The van der Waals surface area contributed by atoms with Crippen molar-refractivity contribution in [2.24, 2.45) is 5.73 Å². The molecule has 0 unspecified atom stereocenters. The molecule has 32 heavy (non-hydrogen) atoms. The molecule has 0 fully saturated rings. The summed E-state index contributed by atoms with van der Waals surface area (Å²) >= 11 is 7.88. The van der Waals surface area contributed by atoms with Gasteiger partial charge in [0.15, 0.2) is 18.1 Å². The van der Waals surface area contributed by atoms with Crippen molar-refractivity contribution in [1.29, 1.82) is 0 Å². The average Bonchev–Trinajstić information content (AvgIpc) is 3.22. The predicted octanol–water partition coefficient (Wildman–Crippen LogP) is 2.88. The number of halogens is 2. The van der Waals surface area contributed by atoms with E-state index in [1.165, 1.54) is 0 Å². The number of hydrogen-bond donors (Lipinski definition) is 2. The maximum absolute atomic E-state index is 11.0. The highest BCUT2D eigenvalue weighted by atomic mass is 35.5. The van der Waals surface area contributed by atoms with E-state index in [9.17, 15) is 4.79 Å². The number of amides is 1. The Morgan fingerprint density at radius 2 is 2.03 bits per heavy atom. The van der Waals surface area contributed by atoms with Crippen LogP contribution in [0, 0.1) is 0 Å². The monoisotopic (exact) mass is 498 g/mol. The summed E-state index contributed by atoms with van der Waals surface area (Å²) < 4.78 is 12.7. The largest absolute Gasteiger partial charge is 0.490 e. The van der Waals surface area contributed by atoms with E-state index in [1.807, 2.05) is 43.3 Å². The zero-order valence-electron chi connectivity index (χ0n) is 17.4. The summed E-state index contributed by atoms with van der Waals surface area (Å²) in [4.78, 5) is 11.0. The molecule has 0 aliphatic rings. The van der Waals surface area contributed by atoms with E-state index in [0.717, 1.165) is 28.7 Å². The van der Waals surface area contributed by atoms with E-state index in [1.54, 1.807) is 22.5 Å². The van der Waals surface area contributed by atoms with E-state index in [2.05, 4.69) is 20.8 Å². The standard InChI is InChI=1S/C20H23ClN6O3S.ClH/c1-2-29-17-11-14(10-16(21)19(17)30-13-18(22)28)12-23-8-9-31-20-24-25-26-27(20)15-6-4-3-5-7-15;/h3-7,10-11,23H,2,8-9,12-13H2,1H3,(H2,22,28);1H. The molecule has 3 rings (SSSR count). The van der Waals surface area contributed by atoms with Crippen molar-refractivity contribution in [2.75, 3.05) is 25.5 Å². The molecule has 12 heteroatoms. The number of carbonyl (C=O) groups is 1. The summed E-state index contributed by atoms with van der Waals surface area (Å²) in [5.41, 5.74) is 6.99. The van der Waals surface area contributed by atoms with Crippen LogP contribution in [0.2, 0.25) is 5.02 Å². The fraction of sp³-hybridized carbons (Fsp3) is 0.300. The highest BCUT2D eigenvalue weighted by Gasteiger charge is 2.14. The van der Waals surface area contributed by atoms with E-state index >= 15 is 0 Å². The summed E-state index contributed by atoms with van der Waals surface area (Å²) in [5.74, 6) is 0.984. The Kier molecular flexibility index (Phi) is 10.5. The predicted molar refractivity (Wildman–Crippen MR) is 126 cm³/mol. The molecule has 0 bridgehead atoms. The normalized spacial score (nSPS) is 10.4. The molecule has 1 aromatic heterocycles. The number of para-hydroxylation sites is 1. The molecule has 1 amide bonds. The number of aromatic nitrogens is 4. The van der Waals surface area contributed by atoms with Crippen molar-refractivity contribution in [3.8, 4) is 17.2 Å². The Balaban J connectivity index is 0.00000363. The van der Waals surface area contributed by atoms with Gasteiger partial charge >= 0.3 is 0 Å². The second-order valence-corrected chi connectivity index (χ2v) is 7.80. The van der Waals surface area contributed by atoms with Crippen molar-refractivity contribution in [1.82, 2.24) is 25.5 Å². The van der Waals surface area contributed by atoms with Crippen LogP contribution in [-0.2, 0) is 11.3 Å². The fourth-order valence-corrected chi connectivity index (χ4v) is 3.79. The minimum atomic E-state index is -0.583. The number of benzene rings is 2. The first kappa shape index (κ1) is 25.7. The maximum atomic E-state index is 11.0. The van der Waals surface area contributed by atoms with Gasteiger partial charge in [-0.1, -0.05) is 41.6 Å². The van der Waals surface area contributed by atoms with Gasteiger partial charge in [-0.15, -0.1) is 17.5 Å². The first-order valence-electron chi connectivity index (χ1n) is 9.62. The molecule has 0 saturated carbocycles. The second kappa shape index (κ2) is 13.1. The molecule has 3 aromatic rings. The number of primary amides is 1. The zero-order valence-corrected chi connectivity index (χ0v) is 19.8. The van der Waals surface area contributed by atoms with Crippen LogP contribution < -0.4 is 20.5 Å². The van der Waals surface area contributed by atoms with Crippen molar-refractivity contribution in [3.05, 3.63) is 53.1 Å². The molecule has 0 saturated heterocycles. The maximum Gasteiger partial charge on any atom is 0.255 e. The van der Waals surface area contributed by atoms with Crippen LogP contribution in [0.5, 0.6) is 11.5 Å². The van der Waals surface area contributed by atoms with Gasteiger partial charge in [-0.2, -0.15) is 4.68 Å². The number of tetrazole rings is 1. The Morgan fingerprint density at radius 1 is 1.25 bits per heavy atom. The summed E-state index contributed by atoms with van der Waals surface area (Å²) in [6, 6.07) is 13.4. The highest BCUT2D eigenvalue weighted by Crippen LogP contribution is 2.36. The van der Waals surface area contributed by atoms with Crippen molar-refractivity contribution >= 4 is 41.7 Å². The lowest BCUT2D eigenvalue weighted by molar-refractivity contribution is -0.119. The first-order chi connectivity index (χ1) is 15.1. The molecule has 9 nitrogen and oxygen atoms in total. The Labute approximate surface area is 201 Å². The molecule has 2 aromatic carbocycles. The summed E-state index contributed by atoms with van der Waals surface area (Å²) in [7, 11) is 0. The minimum Gasteiger partial charge on any atom is -0.490 e. The van der Waals surface area contributed by atoms with Gasteiger partial charge in [-0.05, 0) is 47.2 Å². The molecule has 0 radical (unpaired) electrons. The van der Waals surface area contributed by atoms with Gasteiger partial charge in [0.25, 0.3) is 5.91 Å². The van der Waals surface area contributed by atoms with E-state index in [4.69, 9.17) is 26.8 Å². The molecule has 172 valence electrons. The molecule has 0 spiro atoms. The fourth-order valence-electron chi connectivity index (χ4n) is 2.72. The number of carbonyl (C=O) groups excluding carboxylic acids is 1. The molecular weight excluding hydrogens is 475 g/mol. The van der Waals surface area contributed by atoms with Crippen molar-refractivity contribution in [3.63, 3.8) is 0 Å². The molecule has 0 atom stereocenters. The quantitative estimate of drug-likeness (QED) is 0.289. The molecule has 0 aliphatic heterocycles. The summed E-state index contributed by atoms with van der Waals surface area (Å²) in [5, 5.41) is 16.4. The number of ether oxygens (including phenoxy) is 2. The number of hydrogen-bond acceptors (Lipinski definition) is 8. The number of nitrogens with two attached hydrogens (primary N) is 1. The highest BCUT2D eigenvalue weighted by molar-refractivity contribution is 7.99. The van der Waals surface area contributed by atoms with Gasteiger partial charge < -0.3 is 20.5 Å². The first-order valence-corrected chi connectivity index (χ1v) is 11.0. The van der Waals surface area contributed by atoms with Crippen LogP contribution in [0.15, 0.2) is 47.6 Å². The molecule has 0 aliphatic carbocycles. The third-order valence-electron chi connectivity index (χ3n) is 4.01. The Morgan fingerprint density at radius 3 is 2.75 bits per heavy atom. The van der Waals surface area contributed by atoms with Gasteiger partial charge in [0.1, 0.15) is 0 Å². The van der Waals surface area contributed by atoms with Gasteiger partial charge in [0, 0.05) is 18.8 Å². The van der Waals surface area contributed by atoms with Crippen molar-refractivity contribution in [2.45, 2.75) is 18.6 Å². The van der Waals surface area contributed by atoms with Crippen LogP contribution >= 0.6 is 35.8 Å². The van der Waals surface area contributed by atoms with Gasteiger partial charge in [0.2, 0.25) is 5.16 Å². The second-order valence-electron chi connectivity index (χ2n) is 6.33. The molecular formula is C20H24Cl2N6O3S. The van der Waals surface area contributed by atoms with Crippen molar-refractivity contribution < 1.29 is 14.3 Å². The van der Waals surface area contributed by atoms with Gasteiger partial charge in [-0.25, -0.2) is 0 Å². The van der Waals surface area contributed by atoms with E-state index < -0.39 is 5.91 Å². The number of thioether (sulfide) groups is 1.